The summed E-state index contributed by atoms with van der Waals surface area (Å²) in [7, 11) is 0. The summed E-state index contributed by atoms with van der Waals surface area (Å²) in [5, 5.41) is 5.41. The molecule has 4 rings (SSSR count). The molecule has 0 amide bonds. The number of hydrogen-bond acceptors (Lipinski definition) is 5. The van der Waals surface area contributed by atoms with Crippen molar-refractivity contribution in [1.82, 2.24) is 14.8 Å². The average Bonchev–Trinajstić information content (AvgIpc) is 3.26. The van der Waals surface area contributed by atoms with Crippen molar-refractivity contribution in [3.8, 4) is 11.5 Å². The minimum Gasteiger partial charge on any atom is -0.457 e. The Morgan fingerprint density at radius 1 is 1.12 bits per heavy atom. The van der Waals surface area contributed by atoms with E-state index in [0.29, 0.717) is 34.7 Å². The highest BCUT2D eigenvalue weighted by atomic mass is 35.5. The Labute approximate surface area is 198 Å². The van der Waals surface area contributed by atoms with Crippen molar-refractivity contribution in [2.45, 2.75) is 52.0 Å². The zero-order valence-electron chi connectivity index (χ0n) is 18.4. The molecule has 6 nitrogen and oxygen atoms in total. The molecule has 1 saturated heterocycles. The quantitative estimate of drug-likeness (QED) is 0.391. The minimum absolute atomic E-state index is 0.00540. The summed E-state index contributed by atoms with van der Waals surface area (Å²) in [4.78, 5) is 4.06. The Bertz CT molecular complexity index is 1040. The Kier molecular flexibility index (Phi) is 6.77. The molecule has 2 atom stereocenters. The molecule has 0 spiro atoms. The number of halogens is 2. The summed E-state index contributed by atoms with van der Waals surface area (Å²) >= 11 is 12.7. The van der Waals surface area contributed by atoms with Crippen molar-refractivity contribution in [1.29, 1.82) is 0 Å². The largest absolute Gasteiger partial charge is 0.457 e. The van der Waals surface area contributed by atoms with E-state index in [1.165, 1.54) is 6.33 Å². The first-order chi connectivity index (χ1) is 15.3. The van der Waals surface area contributed by atoms with Crippen LogP contribution in [0.5, 0.6) is 11.5 Å². The lowest BCUT2D eigenvalue weighted by Gasteiger charge is -2.49. The maximum absolute atomic E-state index is 6.77. The molecule has 32 heavy (non-hydrogen) atoms. The number of rotatable bonds is 7. The lowest BCUT2D eigenvalue weighted by atomic mass is 9.83. The molecular weight excluding hydrogens is 449 g/mol. The predicted octanol–water partition coefficient (Wildman–Crippen LogP) is 6.47. The Morgan fingerprint density at radius 2 is 1.88 bits per heavy atom. The molecular formula is C24H27Cl2N3O3. The topological polar surface area (TPSA) is 58.4 Å². The van der Waals surface area contributed by atoms with Gasteiger partial charge in [0.15, 0.2) is 0 Å². The number of hydrogen-bond donors (Lipinski definition) is 0. The third kappa shape index (κ3) is 4.94. The van der Waals surface area contributed by atoms with Gasteiger partial charge >= 0.3 is 0 Å². The Balaban J connectivity index is 1.67. The first kappa shape index (κ1) is 23.1. The van der Waals surface area contributed by atoms with Gasteiger partial charge in [-0.2, -0.15) is 5.10 Å². The van der Waals surface area contributed by atoms with Gasteiger partial charge < -0.3 is 14.2 Å². The lowest BCUT2D eigenvalue weighted by Crippen LogP contribution is -2.53. The summed E-state index contributed by atoms with van der Waals surface area (Å²) in [5.74, 6) is 0.197. The highest BCUT2D eigenvalue weighted by Gasteiger charge is 2.49. The third-order valence-corrected chi connectivity index (χ3v) is 6.23. The first-order valence-corrected chi connectivity index (χ1v) is 11.4. The average molecular weight is 476 g/mol. The van der Waals surface area contributed by atoms with E-state index in [4.69, 9.17) is 37.4 Å². The van der Waals surface area contributed by atoms with Gasteiger partial charge in [0.1, 0.15) is 30.7 Å². The lowest BCUT2D eigenvalue weighted by molar-refractivity contribution is -0.345. The highest BCUT2D eigenvalue weighted by Crippen LogP contribution is 2.45. The van der Waals surface area contributed by atoms with E-state index in [1.54, 1.807) is 41.3 Å². The van der Waals surface area contributed by atoms with Crippen molar-refractivity contribution < 1.29 is 14.2 Å². The fourth-order valence-electron chi connectivity index (χ4n) is 3.87. The fraction of sp³-hybridized carbons (Fsp3) is 0.417. The van der Waals surface area contributed by atoms with Crippen LogP contribution in [-0.4, -0.2) is 27.5 Å². The summed E-state index contributed by atoms with van der Waals surface area (Å²) in [5.41, 5.74) is 0.612. The second kappa shape index (κ2) is 9.40. The third-order valence-electron chi connectivity index (χ3n) is 5.67. The number of aromatic nitrogens is 3. The molecule has 2 aromatic carbocycles. The zero-order valence-corrected chi connectivity index (χ0v) is 19.9. The van der Waals surface area contributed by atoms with Gasteiger partial charge in [-0.05, 0) is 48.9 Å². The minimum atomic E-state index is -1.08. The Morgan fingerprint density at radius 3 is 2.53 bits per heavy atom. The van der Waals surface area contributed by atoms with Crippen LogP contribution in [0, 0.1) is 5.41 Å². The molecule has 1 aliphatic heterocycles. The molecule has 2 unspecified atom stereocenters. The van der Waals surface area contributed by atoms with Gasteiger partial charge in [0.2, 0.25) is 5.79 Å². The molecule has 3 aromatic rings. The molecule has 8 heteroatoms. The summed E-state index contributed by atoms with van der Waals surface area (Å²) in [6.07, 6.45) is 5.08. The van der Waals surface area contributed by atoms with Gasteiger partial charge in [-0.1, -0.05) is 50.4 Å². The van der Waals surface area contributed by atoms with Crippen molar-refractivity contribution >= 4 is 23.2 Å². The van der Waals surface area contributed by atoms with Crippen LogP contribution in [0.2, 0.25) is 10.0 Å². The molecule has 1 aromatic heterocycles. The van der Waals surface area contributed by atoms with Crippen LogP contribution < -0.4 is 4.74 Å². The fourth-order valence-corrected chi connectivity index (χ4v) is 4.32. The van der Waals surface area contributed by atoms with Crippen molar-refractivity contribution in [2.24, 2.45) is 5.41 Å². The van der Waals surface area contributed by atoms with Crippen LogP contribution in [0.1, 0.15) is 39.2 Å². The van der Waals surface area contributed by atoms with Crippen LogP contribution in [0.3, 0.4) is 0 Å². The summed E-state index contributed by atoms with van der Waals surface area (Å²) in [6.45, 7) is 7.35. The summed E-state index contributed by atoms with van der Waals surface area (Å²) in [6, 6.07) is 12.7. The predicted molar refractivity (Wildman–Crippen MR) is 124 cm³/mol. The molecule has 1 aliphatic rings. The second-order valence-electron chi connectivity index (χ2n) is 8.72. The number of benzene rings is 2. The van der Waals surface area contributed by atoms with Crippen molar-refractivity contribution in [3.05, 3.63) is 70.7 Å². The van der Waals surface area contributed by atoms with Gasteiger partial charge in [0, 0.05) is 16.0 Å². The molecule has 2 heterocycles. The van der Waals surface area contributed by atoms with Crippen LogP contribution in [0.4, 0.5) is 0 Å². The molecule has 0 bridgehead atoms. The normalized spacial score (nSPS) is 22.6. The van der Waals surface area contributed by atoms with Gasteiger partial charge in [0.25, 0.3) is 0 Å². The summed E-state index contributed by atoms with van der Waals surface area (Å²) < 4.78 is 20.7. The van der Waals surface area contributed by atoms with E-state index >= 15 is 0 Å². The van der Waals surface area contributed by atoms with E-state index in [-0.39, 0.29) is 11.5 Å². The highest BCUT2D eigenvalue weighted by molar-refractivity contribution is 6.31. The van der Waals surface area contributed by atoms with E-state index in [0.717, 1.165) is 18.4 Å². The molecule has 1 fully saturated rings. The molecule has 0 radical (unpaired) electrons. The van der Waals surface area contributed by atoms with E-state index in [1.807, 2.05) is 12.1 Å². The molecule has 0 saturated carbocycles. The number of ether oxygens (including phenoxy) is 3. The van der Waals surface area contributed by atoms with Gasteiger partial charge in [-0.25, -0.2) is 9.67 Å². The smallest absolute Gasteiger partial charge is 0.217 e. The number of nitrogens with zero attached hydrogens (tertiary/aromatic N) is 3. The van der Waals surface area contributed by atoms with Crippen LogP contribution >= 0.6 is 23.2 Å². The van der Waals surface area contributed by atoms with Crippen LogP contribution in [0.15, 0.2) is 55.1 Å². The molecule has 170 valence electrons. The van der Waals surface area contributed by atoms with E-state index < -0.39 is 5.79 Å². The van der Waals surface area contributed by atoms with Crippen LogP contribution in [0.25, 0.3) is 0 Å². The van der Waals surface area contributed by atoms with Gasteiger partial charge in [-0.15, -0.1) is 0 Å². The molecule has 0 aliphatic carbocycles. The zero-order chi connectivity index (χ0) is 22.8. The standard InChI is InChI=1S/C24H27Cl2N3O3/c1-4-5-22-23(2,3)14-30-24(32-22,13-29-16-27-15-28-29)20-11-10-19(12-21(20)26)31-18-8-6-17(25)7-9-18/h6-12,15-16,22H,4-5,13-14H2,1-3H3. The van der Waals surface area contributed by atoms with Crippen LogP contribution in [-0.2, 0) is 21.8 Å². The van der Waals surface area contributed by atoms with Gasteiger partial charge in [0.05, 0.1) is 17.7 Å². The maximum Gasteiger partial charge on any atom is 0.217 e. The second-order valence-corrected chi connectivity index (χ2v) is 9.56. The van der Waals surface area contributed by atoms with E-state index in [9.17, 15) is 0 Å². The van der Waals surface area contributed by atoms with Crippen molar-refractivity contribution in [3.63, 3.8) is 0 Å². The monoisotopic (exact) mass is 475 g/mol. The van der Waals surface area contributed by atoms with Gasteiger partial charge in [-0.3, -0.25) is 0 Å². The van der Waals surface area contributed by atoms with Crippen molar-refractivity contribution in [2.75, 3.05) is 6.61 Å². The van der Waals surface area contributed by atoms with E-state index in [2.05, 4.69) is 30.9 Å². The Hall–Kier alpha value is -2.12. The SMILES string of the molecule is CCCC1OC(Cn2cncn2)(c2ccc(Oc3ccc(Cl)cc3)cc2Cl)OCC1(C)C. The molecule has 0 N–H and O–H groups in total. The maximum atomic E-state index is 6.77. The first-order valence-electron chi connectivity index (χ1n) is 10.7.